The molecule has 32 heavy (non-hydrogen) atoms. The molecular weight excluding hydrogens is 412 g/mol. The minimum atomic E-state index is 0.0787. The first-order valence-electron chi connectivity index (χ1n) is 11.9. The zero-order valence-electron chi connectivity index (χ0n) is 18.7. The largest absolute Gasteiger partial charge is 0.405 e. The summed E-state index contributed by atoms with van der Waals surface area (Å²) in [5.41, 5.74) is 9.30. The summed E-state index contributed by atoms with van der Waals surface area (Å²) < 4.78 is 0. The molecule has 0 aromatic heterocycles. The fourth-order valence-electron chi connectivity index (χ4n) is 5.33. The third-order valence-corrected chi connectivity index (χ3v) is 8.64. The first-order chi connectivity index (χ1) is 15.7. The quantitative estimate of drug-likeness (QED) is 0.424. The van der Waals surface area contributed by atoms with E-state index in [9.17, 15) is 0 Å². The Morgan fingerprint density at radius 3 is 2.94 bits per heavy atom. The highest BCUT2D eigenvalue weighted by Gasteiger charge is 2.53. The van der Waals surface area contributed by atoms with Crippen LogP contribution in [0.15, 0.2) is 96.1 Å². The Kier molecular flexibility index (Phi) is 6.31. The Labute approximate surface area is 196 Å². The van der Waals surface area contributed by atoms with Gasteiger partial charge in [0.2, 0.25) is 0 Å². The van der Waals surface area contributed by atoms with Crippen molar-refractivity contribution < 1.29 is 0 Å². The first kappa shape index (κ1) is 21.6. The van der Waals surface area contributed by atoms with E-state index in [1.54, 1.807) is 6.20 Å². The molecule has 0 aromatic carbocycles. The molecule has 5 N–H and O–H groups in total. The van der Waals surface area contributed by atoms with Crippen LogP contribution in [0.5, 0.6) is 0 Å². The predicted molar refractivity (Wildman–Crippen MR) is 137 cm³/mol. The first-order valence-corrected chi connectivity index (χ1v) is 12.8. The van der Waals surface area contributed by atoms with Crippen molar-refractivity contribution in [1.82, 2.24) is 16.0 Å². The van der Waals surface area contributed by atoms with Crippen LogP contribution in [0.4, 0.5) is 0 Å². The van der Waals surface area contributed by atoms with Crippen molar-refractivity contribution in [2.24, 2.45) is 23.5 Å². The third-order valence-electron chi connectivity index (χ3n) is 7.21. The molecule has 0 bridgehead atoms. The van der Waals surface area contributed by atoms with E-state index >= 15 is 0 Å². The molecule has 5 heteroatoms. The van der Waals surface area contributed by atoms with Gasteiger partial charge in [-0.25, -0.2) is 0 Å². The third kappa shape index (κ3) is 4.34. The lowest BCUT2D eigenvalue weighted by atomic mass is 9.86. The van der Waals surface area contributed by atoms with Crippen LogP contribution in [0, 0.1) is 17.8 Å². The number of hydrogen-bond acceptors (Lipinski definition) is 5. The van der Waals surface area contributed by atoms with Crippen LogP contribution >= 0.6 is 11.8 Å². The lowest BCUT2D eigenvalue weighted by Gasteiger charge is -2.23. The van der Waals surface area contributed by atoms with Gasteiger partial charge >= 0.3 is 0 Å². The number of hydrogen-bond donors (Lipinski definition) is 4. The van der Waals surface area contributed by atoms with Crippen molar-refractivity contribution in [3.63, 3.8) is 0 Å². The molecule has 4 nitrogen and oxygen atoms in total. The van der Waals surface area contributed by atoms with Gasteiger partial charge in [0.1, 0.15) is 0 Å². The molecule has 0 amide bonds. The average molecular weight is 447 g/mol. The topological polar surface area (TPSA) is 62.1 Å². The monoisotopic (exact) mass is 446 g/mol. The molecule has 2 saturated heterocycles. The van der Waals surface area contributed by atoms with E-state index in [0.29, 0.717) is 29.0 Å². The van der Waals surface area contributed by atoms with Crippen molar-refractivity contribution in [2.75, 3.05) is 13.1 Å². The van der Waals surface area contributed by atoms with Crippen molar-refractivity contribution in [3.05, 3.63) is 96.1 Å². The number of nitrogens with one attached hydrogen (secondary N) is 3. The SMILES string of the molecule is CCC1C=CC=C/C1=C(/C=C\N)NC1=CC2SC2(NCCC2CNC3C=CC=CC23)C=C1. The number of allylic oxidation sites excluding steroid dienone is 9. The van der Waals surface area contributed by atoms with Gasteiger partial charge in [0.05, 0.1) is 10.1 Å². The lowest BCUT2D eigenvalue weighted by Crippen LogP contribution is -2.36. The Bertz CT molecular complexity index is 966. The molecule has 0 spiro atoms. The molecule has 168 valence electrons. The van der Waals surface area contributed by atoms with E-state index in [0.717, 1.165) is 30.9 Å². The van der Waals surface area contributed by atoms with Crippen LogP contribution in [-0.4, -0.2) is 29.3 Å². The minimum absolute atomic E-state index is 0.0787. The smallest absolute Gasteiger partial charge is 0.0999 e. The molecule has 3 aliphatic carbocycles. The zero-order valence-corrected chi connectivity index (χ0v) is 19.5. The summed E-state index contributed by atoms with van der Waals surface area (Å²) >= 11 is 2.00. The summed E-state index contributed by atoms with van der Waals surface area (Å²) in [5.74, 6) is 1.79. The molecule has 2 fully saturated rings. The Morgan fingerprint density at radius 2 is 2.09 bits per heavy atom. The second kappa shape index (κ2) is 9.34. The van der Waals surface area contributed by atoms with Crippen molar-refractivity contribution in [3.8, 4) is 0 Å². The van der Waals surface area contributed by atoms with Crippen LogP contribution in [0.3, 0.4) is 0 Å². The van der Waals surface area contributed by atoms with Crippen molar-refractivity contribution >= 4 is 11.8 Å². The fourth-order valence-corrected chi connectivity index (χ4v) is 6.46. The summed E-state index contributed by atoms with van der Waals surface area (Å²) in [5, 5.41) is 11.6. The Morgan fingerprint density at radius 1 is 1.22 bits per heavy atom. The van der Waals surface area contributed by atoms with E-state index in [1.165, 1.54) is 12.0 Å². The maximum absolute atomic E-state index is 5.77. The van der Waals surface area contributed by atoms with E-state index < -0.39 is 0 Å². The van der Waals surface area contributed by atoms with Gasteiger partial charge < -0.3 is 16.4 Å². The van der Waals surface area contributed by atoms with E-state index in [-0.39, 0.29) is 4.87 Å². The maximum atomic E-state index is 5.77. The van der Waals surface area contributed by atoms with Crippen molar-refractivity contribution in [2.45, 2.75) is 35.9 Å². The number of nitrogens with two attached hydrogens (primary N) is 1. The molecule has 5 aliphatic rings. The van der Waals surface area contributed by atoms with E-state index in [1.807, 2.05) is 17.8 Å². The molecule has 2 heterocycles. The summed E-state index contributed by atoms with van der Waals surface area (Å²) in [4.78, 5) is 0.0787. The van der Waals surface area contributed by atoms with Gasteiger partial charge in [0.15, 0.2) is 0 Å². The molecule has 6 atom stereocenters. The molecule has 6 unspecified atom stereocenters. The van der Waals surface area contributed by atoms with Gasteiger partial charge in [-0.1, -0.05) is 61.6 Å². The second-order valence-corrected chi connectivity index (χ2v) is 10.6. The van der Waals surface area contributed by atoms with E-state index in [4.69, 9.17) is 5.73 Å². The van der Waals surface area contributed by atoms with Crippen molar-refractivity contribution in [1.29, 1.82) is 0 Å². The predicted octanol–water partition coefficient (Wildman–Crippen LogP) is 4.03. The van der Waals surface area contributed by atoms with Gasteiger partial charge in [0.25, 0.3) is 0 Å². The van der Waals surface area contributed by atoms with Gasteiger partial charge in [-0.15, -0.1) is 11.8 Å². The standard InChI is InChI=1S/C27H34N4S/c1-2-19-7-3-4-8-22(19)25(12-15-28)31-21-11-14-27(26(17-21)32-27)30-16-13-20-18-29-24-10-6-5-9-23(20)24/h3-12,14-15,17,19-20,23-24,26,29-31H,2,13,16,18,28H2,1H3/b15-12-,25-22+. The summed E-state index contributed by atoms with van der Waals surface area (Å²) in [7, 11) is 0. The number of fused-ring (bicyclic) bond motifs is 2. The van der Waals surface area contributed by atoms with Gasteiger partial charge in [-0.3, -0.25) is 5.32 Å². The van der Waals surface area contributed by atoms with E-state index in [2.05, 4.69) is 89.7 Å². The molecule has 2 aliphatic heterocycles. The highest BCUT2D eigenvalue weighted by atomic mass is 32.2. The second-order valence-electron chi connectivity index (χ2n) is 9.16. The van der Waals surface area contributed by atoms with Crippen LogP contribution in [0.2, 0.25) is 0 Å². The van der Waals surface area contributed by atoms with Gasteiger partial charge in [-0.05, 0) is 61.9 Å². The lowest BCUT2D eigenvalue weighted by molar-refractivity contribution is 0.416. The fraction of sp³-hybridized carbons (Fsp3) is 0.407. The van der Waals surface area contributed by atoms with Gasteiger partial charge in [0, 0.05) is 29.3 Å². The summed E-state index contributed by atoms with van der Waals surface area (Å²) in [6, 6.07) is 0.532. The average Bonchev–Trinajstić information content (AvgIpc) is 3.40. The molecular formula is C27H34N4S. The molecule has 0 radical (unpaired) electrons. The normalized spacial score (nSPS) is 38.0. The van der Waals surface area contributed by atoms with Crippen LogP contribution in [-0.2, 0) is 0 Å². The zero-order chi connectivity index (χ0) is 22.0. The molecule has 0 aromatic rings. The summed E-state index contributed by atoms with van der Waals surface area (Å²) in [6.07, 6.45) is 30.5. The van der Waals surface area contributed by atoms with Crippen LogP contribution < -0.4 is 21.7 Å². The highest BCUT2D eigenvalue weighted by Crippen LogP contribution is 2.55. The Balaban J connectivity index is 1.18. The van der Waals surface area contributed by atoms with Crippen LogP contribution in [0.25, 0.3) is 0 Å². The van der Waals surface area contributed by atoms with Crippen LogP contribution in [0.1, 0.15) is 19.8 Å². The minimum Gasteiger partial charge on any atom is -0.405 e. The maximum Gasteiger partial charge on any atom is 0.0999 e. The highest BCUT2D eigenvalue weighted by molar-refractivity contribution is 8.09. The van der Waals surface area contributed by atoms with Gasteiger partial charge in [-0.2, -0.15) is 0 Å². The number of thioether (sulfide) groups is 1. The molecule has 5 rings (SSSR count). The molecule has 0 saturated carbocycles. The summed E-state index contributed by atoms with van der Waals surface area (Å²) in [6.45, 7) is 4.40. The Hall–Kier alpha value is -2.21. The number of rotatable bonds is 8.